The average molecular weight is 327 g/mol. The highest BCUT2D eigenvalue weighted by molar-refractivity contribution is 9.10. The molecule has 2 rings (SSSR count). The summed E-state index contributed by atoms with van der Waals surface area (Å²) in [6.45, 7) is 3.00. The molecule has 0 radical (unpaired) electrons. The van der Waals surface area contributed by atoms with Crippen LogP contribution in [0, 0.1) is 0 Å². The second kappa shape index (κ2) is 6.16. The van der Waals surface area contributed by atoms with Crippen LogP contribution in [0.3, 0.4) is 0 Å². The zero-order chi connectivity index (χ0) is 13.0. The SMILES string of the molecule is CCCNc1ccnc(-c2cc(Br)ccc2Cl)n1. The Bertz CT molecular complexity index is 546. The van der Waals surface area contributed by atoms with E-state index in [9.17, 15) is 0 Å². The van der Waals surface area contributed by atoms with Crippen LogP contribution in [0.2, 0.25) is 5.02 Å². The molecule has 94 valence electrons. The van der Waals surface area contributed by atoms with Gasteiger partial charge in [0.1, 0.15) is 5.82 Å². The van der Waals surface area contributed by atoms with Gasteiger partial charge in [-0.05, 0) is 30.7 Å². The van der Waals surface area contributed by atoms with E-state index in [4.69, 9.17) is 11.6 Å². The molecular formula is C13H13BrClN3. The fourth-order valence-electron chi connectivity index (χ4n) is 1.51. The number of nitrogens with zero attached hydrogens (tertiary/aromatic N) is 2. The number of aromatic nitrogens is 2. The van der Waals surface area contributed by atoms with E-state index >= 15 is 0 Å². The molecule has 0 atom stereocenters. The Balaban J connectivity index is 2.35. The van der Waals surface area contributed by atoms with Crippen molar-refractivity contribution in [1.82, 2.24) is 9.97 Å². The van der Waals surface area contributed by atoms with Gasteiger partial charge in [0.25, 0.3) is 0 Å². The van der Waals surface area contributed by atoms with E-state index in [1.54, 1.807) is 6.20 Å². The second-order valence-corrected chi connectivity index (χ2v) is 5.14. The molecule has 0 saturated heterocycles. The maximum Gasteiger partial charge on any atom is 0.163 e. The molecule has 18 heavy (non-hydrogen) atoms. The molecular weight excluding hydrogens is 314 g/mol. The highest BCUT2D eigenvalue weighted by Crippen LogP contribution is 2.28. The Morgan fingerprint density at radius 1 is 1.33 bits per heavy atom. The first-order chi connectivity index (χ1) is 8.70. The number of rotatable bonds is 4. The maximum absolute atomic E-state index is 6.17. The van der Waals surface area contributed by atoms with Gasteiger partial charge in [-0.2, -0.15) is 0 Å². The first kappa shape index (κ1) is 13.3. The van der Waals surface area contributed by atoms with Gasteiger partial charge in [0, 0.05) is 22.8 Å². The molecule has 5 heteroatoms. The monoisotopic (exact) mass is 325 g/mol. The number of benzene rings is 1. The van der Waals surface area contributed by atoms with Crippen molar-refractivity contribution in [2.24, 2.45) is 0 Å². The Morgan fingerprint density at radius 2 is 2.17 bits per heavy atom. The highest BCUT2D eigenvalue weighted by Gasteiger charge is 2.07. The maximum atomic E-state index is 6.17. The predicted molar refractivity (Wildman–Crippen MR) is 79.0 cm³/mol. The van der Waals surface area contributed by atoms with Gasteiger partial charge in [-0.25, -0.2) is 9.97 Å². The zero-order valence-electron chi connectivity index (χ0n) is 9.95. The summed E-state index contributed by atoms with van der Waals surface area (Å²) in [4.78, 5) is 8.72. The van der Waals surface area contributed by atoms with Crippen LogP contribution in [0.4, 0.5) is 5.82 Å². The molecule has 0 fully saturated rings. The van der Waals surface area contributed by atoms with Crippen molar-refractivity contribution in [2.45, 2.75) is 13.3 Å². The Labute approximate surface area is 120 Å². The van der Waals surface area contributed by atoms with E-state index in [1.807, 2.05) is 24.3 Å². The minimum absolute atomic E-state index is 0.627. The van der Waals surface area contributed by atoms with Crippen LogP contribution in [0.1, 0.15) is 13.3 Å². The molecule has 1 aromatic heterocycles. The van der Waals surface area contributed by atoms with Crippen molar-refractivity contribution in [3.8, 4) is 11.4 Å². The lowest BCUT2D eigenvalue weighted by molar-refractivity contribution is 0.966. The predicted octanol–water partition coefficient (Wildman–Crippen LogP) is 4.38. The molecule has 0 spiro atoms. The molecule has 0 amide bonds. The highest BCUT2D eigenvalue weighted by atomic mass is 79.9. The third kappa shape index (κ3) is 3.21. The summed E-state index contributed by atoms with van der Waals surface area (Å²) < 4.78 is 0.956. The van der Waals surface area contributed by atoms with Gasteiger partial charge < -0.3 is 5.32 Å². The van der Waals surface area contributed by atoms with Crippen molar-refractivity contribution < 1.29 is 0 Å². The van der Waals surface area contributed by atoms with E-state index in [-0.39, 0.29) is 0 Å². The Kier molecular flexibility index (Phi) is 4.55. The lowest BCUT2D eigenvalue weighted by Crippen LogP contribution is -2.03. The number of halogens is 2. The topological polar surface area (TPSA) is 37.8 Å². The summed E-state index contributed by atoms with van der Waals surface area (Å²) in [7, 11) is 0. The molecule has 1 N–H and O–H groups in total. The standard InChI is InChI=1S/C13H13BrClN3/c1-2-6-16-12-5-7-17-13(18-12)10-8-9(14)3-4-11(10)15/h3-5,7-8H,2,6H2,1H3,(H,16,17,18). The minimum Gasteiger partial charge on any atom is -0.370 e. The van der Waals surface area contributed by atoms with E-state index in [0.717, 1.165) is 28.8 Å². The van der Waals surface area contributed by atoms with Gasteiger partial charge in [0.2, 0.25) is 0 Å². The third-order valence-corrected chi connectivity index (χ3v) is 3.20. The number of hydrogen-bond donors (Lipinski definition) is 1. The van der Waals surface area contributed by atoms with Crippen molar-refractivity contribution in [3.63, 3.8) is 0 Å². The van der Waals surface area contributed by atoms with Crippen molar-refractivity contribution in [1.29, 1.82) is 0 Å². The van der Waals surface area contributed by atoms with E-state index in [2.05, 4.69) is 38.1 Å². The molecule has 0 bridgehead atoms. The average Bonchev–Trinajstić information content (AvgIpc) is 2.39. The van der Waals surface area contributed by atoms with Gasteiger partial charge in [-0.3, -0.25) is 0 Å². The zero-order valence-corrected chi connectivity index (χ0v) is 12.3. The Hall–Kier alpha value is -1.13. The molecule has 3 nitrogen and oxygen atoms in total. The third-order valence-electron chi connectivity index (χ3n) is 2.38. The number of anilines is 1. The molecule has 0 saturated carbocycles. The smallest absolute Gasteiger partial charge is 0.163 e. The first-order valence-corrected chi connectivity index (χ1v) is 6.90. The summed E-state index contributed by atoms with van der Waals surface area (Å²) in [5.41, 5.74) is 0.825. The second-order valence-electron chi connectivity index (χ2n) is 3.82. The normalized spacial score (nSPS) is 10.4. The van der Waals surface area contributed by atoms with Crippen LogP contribution in [0.5, 0.6) is 0 Å². The lowest BCUT2D eigenvalue weighted by Gasteiger charge is -2.07. The van der Waals surface area contributed by atoms with Gasteiger partial charge in [0.15, 0.2) is 5.82 Å². The fourth-order valence-corrected chi connectivity index (χ4v) is 2.07. The van der Waals surface area contributed by atoms with E-state index in [0.29, 0.717) is 10.8 Å². The van der Waals surface area contributed by atoms with Crippen LogP contribution in [0.25, 0.3) is 11.4 Å². The van der Waals surface area contributed by atoms with E-state index in [1.165, 1.54) is 0 Å². The van der Waals surface area contributed by atoms with Crippen LogP contribution in [-0.4, -0.2) is 16.5 Å². The van der Waals surface area contributed by atoms with Gasteiger partial charge >= 0.3 is 0 Å². The first-order valence-electron chi connectivity index (χ1n) is 5.73. The number of nitrogens with one attached hydrogen (secondary N) is 1. The molecule has 0 aliphatic carbocycles. The van der Waals surface area contributed by atoms with Gasteiger partial charge in [-0.1, -0.05) is 34.5 Å². The van der Waals surface area contributed by atoms with Crippen LogP contribution >= 0.6 is 27.5 Å². The summed E-state index contributed by atoms with van der Waals surface area (Å²) in [6.07, 6.45) is 2.79. The van der Waals surface area contributed by atoms with Crippen molar-refractivity contribution in [2.75, 3.05) is 11.9 Å². The number of hydrogen-bond acceptors (Lipinski definition) is 3. The lowest BCUT2D eigenvalue weighted by atomic mass is 10.2. The van der Waals surface area contributed by atoms with Gasteiger partial charge in [-0.15, -0.1) is 0 Å². The molecule has 1 aromatic carbocycles. The molecule has 0 aliphatic heterocycles. The van der Waals surface area contributed by atoms with Gasteiger partial charge in [0.05, 0.1) is 5.02 Å². The quantitative estimate of drug-likeness (QED) is 0.906. The minimum atomic E-state index is 0.627. The summed E-state index contributed by atoms with van der Waals surface area (Å²) in [5, 5.41) is 3.88. The summed E-state index contributed by atoms with van der Waals surface area (Å²) >= 11 is 9.59. The van der Waals surface area contributed by atoms with Crippen molar-refractivity contribution >= 4 is 33.3 Å². The van der Waals surface area contributed by atoms with Crippen LogP contribution < -0.4 is 5.32 Å². The largest absolute Gasteiger partial charge is 0.370 e. The van der Waals surface area contributed by atoms with Crippen LogP contribution in [-0.2, 0) is 0 Å². The molecule has 2 aromatic rings. The van der Waals surface area contributed by atoms with Crippen molar-refractivity contribution in [3.05, 3.63) is 40.0 Å². The Morgan fingerprint density at radius 3 is 2.94 bits per heavy atom. The summed E-state index contributed by atoms with van der Waals surface area (Å²) in [6, 6.07) is 7.49. The van der Waals surface area contributed by atoms with Crippen LogP contribution in [0.15, 0.2) is 34.9 Å². The molecule has 0 aliphatic rings. The molecule has 0 unspecified atom stereocenters. The molecule has 1 heterocycles. The van der Waals surface area contributed by atoms with E-state index < -0.39 is 0 Å². The fraction of sp³-hybridized carbons (Fsp3) is 0.231. The summed E-state index contributed by atoms with van der Waals surface area (Å²) in [5.74, 6) is 1.44.